The molecule has 1 amide bonds. The summed E-state index contributed by atoms with van der Waals surface area (Å²) in [6, 6.07) is 2.82. The van der Waals surface area contributed by atoms with Crippen LogP contribution in [0.15, 0.2) is 18.2 Å². The van der Waals surface area contributed by atoms with Crippen LogP contribution in [-0.4, -0.2) is 29.1 Å². The first-order chi connectivity index (χ1) is 9.06. The lowest BCUT2D eigenvalue weighted by molar-refractivity contribution is -0.384. The van der Waals surface area contributed by atoms with Gasteiger partial charge in [-0.3, -0.25) is 14.9 Å². The van der Waals surface area contributed by atoms with Gasteiger partial charge in [-0.15, -0.1) is 0 Å². The molecule has 0 unspecified atom stereocenters. The highest BCUT2D eigenvalue weighted by atomic mass is 19.1. The van der Waals surface area contributed by atoms with E-state index < -0.39 is 16.6 Å². The average Bonchev–Trinajstić information content (AvgIpc) is 2.38. The molecular formula is C12H15FN2O4. The monoisotopic (exact) mass is 270 g/mol. The SMILES string of the molecule is O=C(NCCCCCO)c1cc([N+](=O)[O-])ccc1F. The number of carbonyl (C=O) groups excluding carboxylic acids is 1. The second kappa shape index (κ2) is 7.42. The topological polar surface area (TPSA) is 92.5 Å². The summed E-state index contributed by atoms with van der Waals surface area (Å²) in [5, 5.41) is 21.6. The van der Waals surface area contributed by atoms with Crippen molar-refractivity contribution in [1.29, 1.82) is 0 Å². The van der Waals surface area contributed by atoms with Crippen LogP contribution >= 0.6 is 0 Å². The molecule has 7 heteroatoms. The van der Waals surface area contributed by atoms with Crippen LogP contribution in [0.2, 0.25) is 0 Å². The molecule has 0 spiro atoms. The van der Waals surface area contributed by atoms with Crippen LogP contribution < -0.4 is 5.32 Å². The van der Waals surface area contributed by atoms with E-state index in [9.17, 15) is 19.3 Å². The maximum absolute atomic E-state index is 13.4. The number of nitrogens with one attached hydrogen (secondary N) is 1. The van der Waals surface area contributed by atoms with Crippen LogP contribution in [0, 0.1) is 15.9 Å². The molecule has 0 fully saturated rings. The van der Waals surface area contributed by atoms with Crippen LogP contribution in [0.5, 0.6) is 0 Å². The number of hydrogen-bond donors (Lipinski definition) is 2. The Labute approximate surface area is 109 Å². The summed E-state index contributed by atoms with van der Waals surface area (Å²) in [6.07, 6.45) is 2.04. The minimum Gasteiger partial charge on any atom is -0.396 e. The number of nitrogens with zero attached hydrogens (tertiary/aromatic N) is 1. The Balaban J connectivity index is 2.61. The van der Waals surface area contributed by atoms with Gasteiger partial charge in [0, 0.05) is 25.3 Å². The molecule has 0 bridgehead atoms. The molecule has 0 aliphatic carbocycles. The second-order valence-electron chi connectivity index (χ2n) is 3.96. The summed E-state index contributed by atoms with van der Waals surface area (Å²) in [7, 11) is 0. The van der Waals surface area contributed by atoms with Gasteiger partial charge in [0.25, 0.3) is 11.6 Å². The van der Waals surface area contributed by atoms with E-state index in [2.05, 4.69) is 5.32 Å². The molecule has 0 aromatic heterocycles. The lowest BCUT2D eigenvalue weighted by Crippen LogP contribution is -2.25. The number of amides is 1. The highest BCUT2D eigenvalue weighted by molar-refractivity contribution is 5.95. The van der Waals surface area contributed by atoms with Crippen molar-refractivity contribution < 1.29 is 19.2 Å². The number of halogens is 1. The van der Waals surface area contributed by atoms with Crippen molar-refractivity contribution in [2.45, 2.75) is 19.3 Å². The third-order valence-corrected chi connectivity index (χ3v) is 2.53. The van der Waals surface area contributed by atoms with Gasteiger partial charge in [-0.1, -0.05) is 0 Å². The van der Waals surface area contributed by atoms with Crippen molar-refractivity contribution in [3.05, 3.63) is 39.7 Å². The fraction of sp³-hybridized carbons (Fsp3) is 0.417. The predicted octanol–water partition coefficient (Wildman–Crippen LogP) is 1.63. The fourth-order valence-corrected chi connectivity index (χ4v) is 1.51. The molecule has 0 aliphatic heterocycles. The van der Waals surface area contributed by atoms with E-state index in [1.165, 1.54) is 0 Å². The maximum Gasteiger partial charge on any atom is 0.270 e. The smallest absolute Gasteiger partial charge is 0.270 e. The minimum absolute atomic E-state index is 0.0907. The molecule has 19 heavy (non-hydrogen) atoms. The van der Waals surface area contributed by atoms with Crippen molar-refractivity contribution in [1.82, 2.24) is 5.32 Å². The lowest BCUT2D eigenvalue weighted by atomic mass is 10.1. The van der Waals surface area contributed by atoms with Crippen molar-refractivity contribution in [3.8, 4) is 0 Å². The number of benzene rings is 1. The number of hydrogen-bond acceptors (Lipinski definition) is 4. The summed E-state index contributed by atoms with van der Waals surface area (Å²) >= 11 is 0. The van der Waals surface area contributed by atoms with E-state index in [0.717, 1.165) is 24.6 Å². The zero-order valence-corrected chi connectivity index (χ0v) is 10.3. The molecule has 0 heterocycles. The summed E-state index contributed by atoms with van der Waals surface area (Å²) in [4.78, 5) is 21.5. The van der Waals surface area contributed by atoms with E-state index in [1.54, 1.807) is 0 Å². The van der Waals surface area contributed by atoms with Gasteiger partial charge in [-0.2, -0.15) is 0 Å². The summed E-state index contributed by atoms with van der Waals surface area (Å²) in [5.41, 5.74) is -0.664. The highest BCUT2D eigenvalue weighted by Crippen LogP contribution is 2.16. The Hall–Kier alpha value is -2.02. The molecule has 0 atom stereocenters. The first-order valence-electron chi connectivity index (χ1n) is 5.89. The number of aliphatic hydroxyl groups is 1. The molecule has 0 saturated carbocycles. The van der Waals surface area contributed by atoms with Gasteiger partial charge in [-0.25, -0.2) is 4.39 Å². The summed E-state index contributed by atoms with van der Waals surface area (Å²) in [5.74, 6) is -1.47. The third-order valence-electron chi connectivity index (χ3n) is 2.53. The standard InChI is InChI=1S/C12H15FN2O4/c13-11-5-4-9(15(18)19)8-10(11)12(17)14-6-2-1-3-7-16/h4-5,8,16H,1-3,6-7H2,(H,14,17). The Morgan fingerprint density at radius 1 is 1.37 bits per heavy atom. The molecule has 1 aromatic rings. The quantitative estimate of drug-likeness (QED) is 0.447. The molecule has 0 aliphatic rings. The van der Waals surface area contributed by atoms with Gasteiger partial charge >= 0.3 is 0 Å². The van der Waals surface area contributed by atoms with Crippen LogP contribution in [-0.2, 0) is 0 Å². The van der Waals surface area contributed by atoms with E-state index in [1.807, 2.05) is 0 Å². The molecule has 0 saturated heterocycles. The first-order valence-corrected chi connectivity index (χ1v) is 5.89. The van der Waals surface area contributed by atoms with Crippen molar-refractivity contribution >= 4 is 11.6 Å². The number of nitro groups is 1. The van der Waals surface area contributed by atoms with Crippen LogP contribution in [0.3, 0.4) is 0 Å². The fourth-order valence-electron chi connectivity index (χ4n) is 1.51. The Morgan fingerprint density at radius 2 is 2.11 bits per heavy atom. The van der Waals surface area contributed by atoms with Gasteiger partial charge in [0.15, 0.2) is 0 Å². The van der Waals surface area contributed by atoms with Crippen molar-refractivity contribution in [3.63, 3.8) is 0 Å². The van der Waals surface area contributed by atoms with E-state index in [0.29, 0.717) is 19.4 Å². The van der Waals surface area contributed by atoms with Crippen molar-refractivity contribution in [2.24, 2.45) is 0 Å². The van der Waals surface area contributed by atoms with Crippen LogP contribution in [0.1, 0.15) is 29.6 Å². The van der Waals surface area contributed by atoms with Crippen LogP contribution in [0.4, 0.5) is 10.1 Å². The Kier molecular flexibility index (Phi) is 5.87. The Bertz CT molecular complexity index is 465. The normalized spacial score (nSPS) is 10.2. The Morgan fingerprint density at radius 3 is 2.74 bits per heavy atom. The van der Waals surface area contributed by atoms with Gasteiger partial charge in [0.2, 0.25) is 0 Å². The average molecular weight is 270 g/mol. The number of non-ortho nitro benzene ring substituents is 1. The molecule has 2 N–H and O–H groups in total. The first kappa shape index (κ1) is 15.0. The van der Waals surface area contributed by atoms with Gasteiger partial charge in [-0.05, 0) is 25.3 Å². The zero-order chi connectivity index (χ0) is 14.3. The molecule has 104 valence electrons. The molecule has 0 radical (unpaired) electrons. The van der Waals surface area contributed by atoms with Gasteiger partial charge in [0.1, 0.15) is 5.82 Å². The summed E-state index contributed by atoms with van der Waals surface area (Å²) < 4.78 is 13.4. The van der Waals surface area contributed by atoms with E-state index >= 15 is 0 Å². The largest absolute Gasteiger partial charge is 0.396 e. The number of carbonyl (C=O) groups is 1. The highest BCUT2D eigenvalue weighted by Gasteiger charge is 2.16. The number of nitro benzene ring substituents is 1. The molecule has 1 rings (SSSR count). The molecular weight excluding hydrogens is 255 g/mol. The van der Waals surface area contributed by atoms with Crippen LogP contribution in [0.25, 0.3) is 0 Å². The predicted molar refractivity (Wildman–Crippen MR) is 66.3 cm³/mol. The number of unbranched alkanes of at least 4 members (excludes halogenated alkanes) is 2. The van der Waals surface area contributed by atoms with Gasteiger partial charge in [0.05, 0.1) is 10.5 Å². The minimum atomic E-state index is -0.793. The zero-order valence-electron chi connectivity index (χ0n) is 10.3. The lowest BCUT2D eigenvalue weighted by Gasteiger charge is -2.05. The summed E-state index contributed by atoms with van der Waals surface area (Å²) in [6.45, 7) is 0.425. The molecule has 6 nitrogen and oxygen atoms in total. The molecule has 1 aromatic carbocycles. The second-order valence-corrected chi connectivity index (χ2v) is 3.96. The maximum atomic E-state index is 13.4. The number of rotatable bonds is 7. The van der Waals surface area contributed by atoms with Gasteiger partial charge < -0.3 is 10.4 Å². The van der Waals surface area contributed by atoms with Crippen molar-refractivity contribution in [2.75, 3.05) is 13.2 Å². The third kappa shape index (κ3) is 4.63. The van der Waals surface area contributed by atoms with E-state index in [-0.39, 0.29) is 17.9 Å². The number of aliphatic hydroxyl groups excluding tert-OH is 1. The van der Waals surface area contributed by atoms with E-state index in [4.69, 9.17) is 5.11 Å².